The molecule has 4 heteroatoms. The second-order valence-corrected chi connectivity index (χ2v) is 5.51. The molecule has 4 nitrogen and oxygen atoms in total. The molecule has 2 atom stereocenters. The molecule has 2 aromatic heterocycles. The zero-order valence-corrected chi connectivity index (χ0v) is 11.0. The highest BCUT2D eigenvalue weighted by Gasteiger charge is 2.26. The van der Waals surface area contributed by atoms with Crippen molar-refractivity contribution in [2.75, 3.05) is 20.1 Å². The average Bonchev–Trinajstić information content (AvgIpc) is 2.70. The molecule has 0 radical (unpaired) electrons. The molecule has 2 aromatic rings. The van der Waals surface area contributed by atoms with Crippen molar-refractivity contribution >= 4 is 11.0 Å². The monoisotopic (exact) mass is 244 g/mol. The molecule has 0 amide bonds. The molecule has 2 unspecified atom stereocenters. The zero-order valence-electron chi connectivity index (χ0n) is 11.0. The van der Waals surface area contributed by atoms with Gasteiger partial charge in [-0.1, -0.05) is 0 Å². The van der Waals surface area contributed by atoms with Crippen molar-refractivity contribution < 1.29 is 0 Å². The number of hydrogen-bond acceptors (Lipinski definition) is 3. The largest absolute Gasteiger partial charge is 0.346 e. The Morgan fingerprint density at radius 3 is 3.00 bits per heavy atom. The number of aromatic amines is 1. The van der Waals surface area contributed by atoms with Gasteiger partial charge in [0.1, 0.15) is 5.65 Å². The maximum atomic E-state index is 6.12. The number of nitrogens with one attached hydrogen (secondary N) is 1. The van der Waals surface area contributed by atoms with E-state index in [1.54, 1.807) is 0 Å². The Balaban J connectivity index is 1.98. The normalized spacial score (nSPS) is 25.7. The van der Waals surface area contributed by atoms with Gasteiger partial charge in [0.25, 0.3) is 0 Å². The van der Waals surface area contributed by atoms with Crippen molar-refractivity contribution in [1.82, 2.24) is 14.9 Å². The molecule has 1 aliphatic heterocycles. The third kappa shape index (κ3) is 2.02. The standard InChI is InChI=1S/C14H20N4/c1-9-3-4-12-13(6-16-14(12)17-9)10-5-11(15)8-18(2)7-10/h3-4,6,10-11H,5,7-8,15H2,1-2H3,(H,16,17). The molecular weight excluding hydrogens is 224 g/mol. The Hall–Kier alpha value is -1.39. The predicted molar refractivity (Wildman–Crippen MR) is 73.7 cm³/mol. The van der Waals surface area contributed by atoms with Crippen LogP contribution in [0.15, 0.2) is 18.3 Å². The summed E-state index contributed by atoms with van der Waals surface area (Å²) in [5.74, 6) is 0.511. The predicted octanol–water partition coefficient (Wildman–Crippen LogP) is 1.62. The third-order valence-electron chi connectivity index (χ3n) is 3.82. The number of H-pyrrole nitrogens is 1. The number of aryl methyl sites for hydroxylation is 1. The van der Waals surface area contributed by atoms with E-state index in [2.05, 4.69) is 40.2 Å². The van der Waals surface area contributed by atoms with Gasteiger partial charge in [0.2, 0.25) is 0 Å². The summed E-state index contributed by atoms with van der Waals surface area (Å²) in [6.07, 6.45) is 3.17. The number of hydrogen-bond donors (Lipinski definition) is 2. The van der Waals surface area contributed by atoms with Crippen LogP contribution in [0.3, 0.4) is 0 Å². The Kier molecular flexibility index (Phi) is 2.84. The van der Waals surface area contributed by atoms with E-state index in [0.29, 0.717) is 5.92 Å². The number of fused-ring (bicyclic) bond motifs is 1. The van der Waals surface area contributed by atoms with Crippen LogP contribution in [-0.4, -0.2) is 41.0 Å². The summed E-state index contributed by atoms with van der Waals surface area (Å²) in [4.78, 5) is 10.1. The average molecular weight is 244 g/mol. The number of nitrogens with two attached hydrogens (primary N) is 1. The van der Waals surface area contributed by atoms with Crippen LogP contribution < -0.4 is 5.73 Å². The lowest BCUT2D eigenvalue weighted by Gasteiger charge is -2.33. The Morgan fingerprint density at radius 2 is 2.22 bits per heavy atom. The van der Waals surface area contributed by atoms with Gasteiger partial charge in [-0.05, 0) is 38.1 Å². The van der Waals surface area contributed by atoms with E-state index < -0.39 is 0 Å². The fourth-order valence-electron chi connectivity index (χ4n) is 3.05. The minimum atomic E-state index is 0.275. The number of likely N-dealkylation sites (N-methyl/N-ethyl adjacent to an activating group) is 1. The summed E-state index contributed by atoms with van der Waals surface area (Å²) in [6, 6.07) is 4.52. The maximum Gasteiger partial charge on any atom is 0.137 e. The third-order valence-corrected chi connectivity index (χ3v) is 3.82. The molecule has 1 aliphatic rings. The second-order valence-electron chi connectivity index (χ2n) is 5.51. The number of nitrogens with zero attached hydrogens (tertiary/aromatic N) is 2. The van der Waals surface area contributed by atoms with E-state index in [1.807, 2.05) is 6.92 Å². The Morgan fingerprint density at radius 1 is 1.39 bits per heavy atom. The van der Waals surface area contributed by atoms with Crippen LogP contribution in [0.2, 0.25) is 0 Å². The summed E-state index contributed by atoms with van der Waals surface area (Å²) < 4.78 is 0. The van der Waals surface area contributed by atoms with Crippen LogP contribution in [-0.2, 0) is 0 Å². The van der Waals surface area contributed by atoms with Crippen molar-refractivity contribution in [2.24, 2.45) is 5.73 Å². The SMILES string of the molecule is Cc1ccc2c(C3CC(N)CN(C)C3)c[nH]c2n1. The minimum Gasteiger partial charge on any atom is -0.346 e. The van der Waals surface area contributed by atoms with Crippen molar-refractivity contribution in [3.8, 4) is 0 Å². The summed E-state index contributed by atoms with van der Waals surface area (Å²) >= 11 is 0. The molecule has 0 spiro atoms. The van der Waals surface area contributed by atoms with Crippen LogP contribution in [0.4, 0.5) is 0 Å². The van der Waals surface area contributed by atoms with E-state index in [0.717, 1.165) is 30.9 Å². The van der Waals surface area contributed by atoms with Gasteiger partial charge in [0, 0.05) is 42.3 Å². The number of rotatable bonds is 1. The molecule has 3 rings (SSSR count). The van der Waals surface area contributed by atoms with Crippen molar-refractivity contribution in [3.05, 3.63) is 29.6 Å². The number of aromatic nitrogens is 2. The van der Waals surface area contributed by atoms with Crippen molar-refractivity contribution in [2.45, 2.75) is 25.3 Å². The maximum absolute atomic E-state index is 6.12. The highest BCUT2D eigenvalue weighted by atomic mass is 15.1. The van der Waals surface area contributed by atoms with Crippen LogP contribution in [0.1, 0.15) is 23.6 Å². The topological polar surface area (TPSA) is 57.9 Å². The molecule has 1 fully saturated rings. The van der Waals surface area contributed by atoms with Gasteiger partial charge < -0.3 is 15.6 Å². The lowest BCUT2D eigenvalue weighted by molar-refractivity contribution is 0.227. The summed E-state index contributed by atoms with van der Waals surface area (Å²) in [5, 5.41) is 1.24. The molecule has 96 valence electrons. The van der Waals surface area contributed by atoms with Gasteiger partial charge >= 0.3 is 0 Å². The second kappa shape index (κ2) is 4.37. The van der Waals surface area contributed by atoms with Gasteiger partial charge in [-0.15, -0.1) is 0 Å². The van der Waals surface area contributed by atoms with Crippen LogP contribution in [0, 0.1) is 6.92 Å². The van der Waals surface area contributed by atoms with Gasteiger partial charge in [-0.3, -0.25) is 0 Å². The lowest BCUT2D eigenvalue weighted by Crippen LogP contribution is -2.44. The van der Waals surface area contributed by atoms with Crippen LogP contribution >= 0.6 is 0 Å². The van der Waals surface area contributed by atoms with Gasteiger partial charge in [0.05, 0.1) is 0 Å². The molecule has 3 heterocycles. The smallest absolute Gasteiger partial charge is 0.137 e. The number of piperidine rings is 1. The molecule has 1 saturated heterocycles. The molecule has 18 heavy (non-hydrogen) atoms. The molecule has 3 N–H and O–H groups in total. The van der Waals surface area contributed by atoms with Gasteiger partial charge in [-0.2, -0.15) is 0 Å². The highest BCUT2D eigenvalue weighted by molar-refractivity contribution is 5.80. The summed E-state index contributed by atoms with van der Waals surface area (Å²) in [7, 11) is 2.14. The summed E-state index contributed by atoms with van der Waals surface area (Å²) in [6.45, 7) is 4.09. The highest BCUT2D eigenvalue weighted by Crippen LogP contribution is 2.30. The van der Waals surface area contributed by atoms with E-state index in [9.17, 15) is 0 Å². The Bertz CT molecular complexity index is 550. The first kappa shape index (κ1) is 11.7. The van der Waals surface area contributed by atoms with Crippen LogP contribution in [0.5, 0.6) is 0 Å². The van der Waals surface area contributed by atoms with Crippen molar-refractivity contribution in [3.63, 3.8) is 0 Å². The molecule has 0 saturated carbocycles. The fourth-order valence-corrected chi connectivity index (χ4v) is 3.05. The first-order valence-corrected chi connectivity index (χ1v) is 6.52. The van der Waals surface area contributed by atoms with Crippen molar-refractivity contribution in [1.29, 1.82) is 0 Å². The number of likely N-dealkylation sites (tertiary alicyclic amines) is 1. The first-order chi connectivity index (χ1) is 8.63. The molecule has 0 bridgehead atoms. The molecule has 0 aromatic carbocycles. The number of pyridine rings is 1. The molecular formula is C14H20N4. The molecule has 0 aliphatic carbocycles. The van der Waals surface area contributed by atoms with Gasteiger partial charge in [0.15, 0.2) is 0 Å². The van der Waals surface area contributed by atoms with Crippen LogP contribution in [0.25, 0.3) is 11.0 Å². The Labute approximate surface area is 107 Å². The van der Waals surface area contributed by atoms with E-state index in [1.165, 1.54) is 10.9 Å². The quantitative estimate of drug-likeness (QED) is 0.801. The first-order valence-electron chi connectivity index (χ1n) is 6.52. The van der Waals surface area contributed by atoms with E-state index >= 15 is 0 Å². The van der Waals surface area contributed by atoms with Gasteiger partial charge in [-0.25, -0.2) is 4.98 Å². The van der Waals surface area contributed by atoms with E-state index in [-0.39, 0.29) is 6.04 Å². The fraction of sp³-hybridized carbons (Fsp3) is 0.500. The van der Waals surface area contributed by atoms with E-state index in [4.69, 9.17) is 5.73 Å². The minimum absolute atomic E-state index is 0.275. The lowest BCUT2D eigenvalue weighted by atomic mass is 9.89. The summed E-state index contributed by atoms with van der Waals surface area (Å²) in [5.41, 5.74) is 9.52. The zero-order chi connectivity index (χ0) is 12.7.